The first kappa shape index (κ1) is 64.8. The highest BCUT2D eigenvalue weighted by atomic mass is 32.2. The number of benzene rings is 3. The summed E-state index contributed by atoms with van der Waals surface area (Å²) in [4.78, 5) is 119. The van der Waals surface area contributed by atoms with E-state index in [2.05, 4.69) is 47.2 Å². The minimum absolute atomic E-state index is 0.0201. The van der Waals surface area contributed by atoms with Crippen molar-refractivity contribution in [2.24, 2.45) is 39.8 Å². The Hall–Kier alpha value is -7.70. The third-order valence-corrected chi connectivity index (χ3v) is 13.9. The summed E-state index contributed by atoms with van der Waals surface area (Å²) in [6, 6.07) is 12.3. The van der Waals surface area contributed by atoms with Crippen LogP contribution in [0.4, 0.5) is 0 Å². The average molecular weight is 1130 g/mol. The number of nitrogens with two attached hydrogens (primary N) is 4. The second kappa shape index (κ2) is 33.0. The molecule has 24 heteroatoms. The number of carbonyl (C=O) groups is 8. The lowest BCUT2D eigenvalue weighted by molar-refractivity contribution is -0.142. The molecule has 0 aliphatic carbocycles. The van der Waals surface area contributed by atoms with Gasteiger partial charge in [-0.05, 0) is 104 Å². The SMILES string of the molecule is CSCC[C@H](NC(=O)[C@@H](NC(=O)[C@@H](NC(=O)[C@H](Cc1ccc(O)cc1)NC(=O)[C@H](Cc1ccccc1)NC(=O)[C@@H](N)CCCN=C(N)N)C(C)C)C(C)C)C(=O)N[C@@H](Cc1c[nH]c2ccccc12)C(=O)N[C@@H](CCCCN)C(=O)O. The van der Waals surface area contributed by atoms with Crippen LogP contribution in [0.25, 0.3) is 10.9 Å². The third kappa shape index (κ3) is 21.2. The van der Waals surface area contributed by atoms with Crippen molar-refractivity contribution < 1.29 is 48.6 Å². The summed E-state index contributed by atoms with van der Waals surface area (Å²) < 4.78 is 0. The van der Waals surface area contributed by atoms with E-state index in [1.807, 2.05) is 30.5 Å². The zero-order valence-electron chi connectivity index (χ0n) is 46.2. The molecule has 23 nitrogen and oxygen atoms in total. The van der Waals surface area contributed by atoms with Crippen molar-refractivity contribution in [3.63, 3.8) is 0 Å². The van der Waals surface area contributed by atoms with Crippen molar-refractivity contribution in [2.45, 2.75) is 134 Å². The Morgan fingerprint density at radius 1 is 0.575 bits per heavy atom. The third-order valence-electron chi connectivity index (χ3n) is 13.3. The van der Waals surface area contributed by atoms with Gasteiger partial charge in [0.15, 0.2) is 5.96 Å². The van der Waals surface area contributed by atoms with Crippen LogP contribution < -0.4 is 60.2 Å². The highest BCUT2D eigenvalue weighted by Gasteiger charge is 2.36. The fraction of sp³-hybridized carbons (Fsp3) is 0.482. The van der Waals surface area contributed by atoms with Gasteiger partial charge >= 0.3 is 5.97 Å². The number of rotatable bonds is 34. The minimum Gasteiger partial charge on any atom is -0.508 e. The molecule has 3 aromatic carbocycles. The van der Waals surface area contributed by atoms with Crippen molar-refractivity contribution in [1.82, 2.24) is 42.2 Å². The Balaban J connectivity index is 1.57. The van der Waals surface area contributed by atoms with Crippen LogP contribution in [0.1, 0.15) is 82.9 Å². The van der Waals surface area contributed by atoms with Gasteiger partial charge in [-0.2, -0.15) is 11.8 Å². The molecule has 0 saturated carbocycles. The highest BCUT2D eigenvalue weighted by Crippen LogP contribution is 2.20. The molecule has 0 bridgehead atoms. The predicted octanol–water partition coefficient (Wildman–Crippen LogP) is 0.955. The molecule has 436 valence electrons. The topological polar surface area (TPSA) is 393 Å². The van der Waals surface area contributed by atoms with Crippen molar-refractivity contribution in [2.75, 3.05) is 25.1 Å². The number of H-pyrrole nitrogens is 1. The molecule has 8 atom stereocenters. The number of carbonyl (C=O) groups excluding carboxylic acids is 7. The number of unbranched alkanes of at least 4 members (excludes halogenated alkanes) is 1. The number of hydrogen-bond donors (Lipinski definition) is 14. The number of para-hydroxylation sites is 1. The van der Waals surface area contributed by atoms with Gasteiger partial charge in [-0.15, -0.1) is 0 Å². The summed E-state index contributed by atoms with van der Waals surface area (Å²) in [7, 11) is 0. The van der Waals surface area contributed by atoms with Gasteiger partial charge in [0, 0.05) is 42.9 Å². The van der Waals surface area contributed by atoms with Crippen LogP contribution in [0.5, 0.6) is 5.75 Å². The number of carboxylic acids is 1. The number of aliphatic imine (C=N–C) groups is 1. The molecule has 7 amide bonds. The molecule has 0 saturated heterocycles. The number of aromatic hydroxyl groups is 1. The average Bonchev–Trinajstić information content (AvgIpc) is 3.83. The number of hydrogen-bond acceptors (Lipinski definition) is 13. The zero-order valence-corrected chi connectivity index (χ0v) is 47.0. The Labute approximate surface area is 471 Å². The normalized spacial score (nSPS) is 14.3. The molecule has 0 fully saturated rings. The quantitative estimate of drug-likeness (QED) is 0.0176. The number of phenolic OH excluding ortho intramolecular Hbond substituents is 1. The van der Waals surface area contributed by atoms with Crippen molar-refractivity contribution in [3.8, 4) is 5.75 Å². The molecule has 4 aromatic rings. The Morgan fingerprint density at radius 2 is 1.07 bits per heavy atom. The molecule has 4 rings (SSSR count). The van der Waals surface area contributed by atoms with Crippen molar-refractivity contribution in [3.05, 3.63) is 102 Å². The number of aromatic amines is 1. The zero-order chi connectivity index (χ0) is 58.9. The first-order valence-electron chi connectivity index (χ1n) is 26.8. The largest absolute Gasteiger partial charge is 0.508 e. The summed E-state index contributed by atoms with van der Waals surface area (Å²) in [5.41, 5.74) is 25.4. The van der Waals surface area contributed by atoms with Gasteiger partial charge < -0.3 is 75.3 Å². The molecule has 80 heavy (non-hydrogen) atoms. The van der Waals surface area contributed by atoms with Crippen LogP contribution in [0.2, 0.25) is 0 Å². The first-order chi connectivity index (χ1) is 38.1. The van der Waals surface area contributed by atoms with Gasteiger partial charge in [0.05, 0.1) is 6.04 Å². The molecular formula is C56H81N13O10S. The van der Waals surface area contributed by atoms with E-state index in [9.17, 15) is 48.6 Å². The summed E-state index contributed by atoms with van der Waals surface area (Å²) in [5.74, 6) is -7.24. The minimum atomic E-state index is -1.35. The molecule has 18 N–H and O–H groups in total. The maximum Gasteiger partial charge on any atom is 0.326 e. The Kier molecular flexibility index (Phi) is 26.8. The van der Waals surface area contributed by atoms with Gasteiger partial charge in [0.2, 0.25) is 41.4 Å². The predicted molar refractivity (Wildman–Crippen MR) is 309 cm³/mol. The number of aromatic nitrogens is 1. The van der Waals surface area contributed by atoms with E-state index in [0.29, 0.717) is 48.3 Å². The molecule has 1 heterocycles. The van der Waals surface area contributed by atoms with E-state index < -0.39 is 107 Å². The number of fused-ring (bicyclic) bond motifs is 1. The summed E-state index contributed by atoms with van der Waals surface area (Å²) in [5, 5.41) is 40.0. The fourth-order valence-electron chi connectivity index (χ4n) is 8.69. The lowest BCUT2D eigenvalue weighted by Crippen LogP contribution is -2.62. The number of guanidine groups is 1. The molecule has 1 aromatic heterocycles. The van der Waals surface area contributed by atoms with Gasteiger partial charge in [0.1, 0.15) is 48.0 Å². The lowest BCUT2D eigenvalue weighted by Gasteiger charge is -2.30. The number of phenols is 1. The van der Waals surface area contributed by atoms with E-state index >= 15 is 0 Å². The fourth-order valence-corrected chi connectivity index (χ4v) is 9.17. The van der Waals surface area contributed by atoms with E-state index in [4.69, 9.17) is 22.9 Å². The first-order valence-corrected chi connectivity index (χ1v) is 28.2. The molecule has 0 spiro atoms. The van der Waals surface area contributed by atoms with Crippen molar-refractivity contribution >= 4 is 75.9 Å². The van der Waals surface area contributed by atoms with Gasteiger partial charge in [-0.25, -0.2) is 4.79 Å². The highest BCUT2D eigenvalue weighted by molar-refractivity contribution is 7.98. The Bertz CT molecular complexity index is 2700. The maximum absolute atomic E-state index is 14.5. The molecule has 0 unspecified atom stereocenters. The summed E-state index contributed by atoms with van der Waals surface area (Å²) in [6.07, 6.45) is 5.17. The van der Waals surface area contributed by atoms with Gasteiger partial charge in [0.25, 0.3) is 0 Å². The van der Waals surface area contributed by atoms with Crippen molar-refractivity contribution in [1.29, 1.82) is 0 Å². The number of nitrogens with zero attached hydrogens (tertiary/aromatic N) is 1. The maximum atomic E-state index is 14.5. The lowest BCUT2D eigenvalue weighted by atomic mass is 9.98. The number of aliphatic carboxylic acids is 1. The Morgan fingerprint density at radius 3 is 1.65 bits per heavy atom. The van der Waals surface area contributed by atoms with E-state index in [0.717, 1.165) is 10.9 Å². The number of carboxylic acid groups (broad SMARTS) is 1. The number of amides is 7. The van der Waals surface area contributed by atoms with Crippen LogP contribution in [-0.2, 0) is 57.6 Å². The molecule has 0 radical (unpaired) electrons. The van der Waals surface area contributed by atoms with Gasteiger partial charge in [-0.1, -0.05) is 88.4 Å². The van der Waals surface area contributed by atoms with Crippen LogP contribution in [0.15, 0.2) is 90.1 Å². The van der Waals surface area contributed by atoms with E-state index in [-0.39, 0.29) is 56.8 Å². The monoisotopic (exact) mass is 1130 g/mol. The van der Waals surface area contributed by atoms with Gasteiger partial charge in [-0.3, -0.25) is 38.6 Å². The second-order valence-corrected chi connectivity index (χ2v) is 21.3. The van der Waals surface area contributed by atoms with E-state index in [1.54, 1.807) is 76.4 Å². The summed E-state index contributed by atoms with van der Waals surface area (Å²) >= 11 is 1.41. The standard InChI is InChI=1S/C56H81N13O10S/c1-32(2)46(53(76)63-41(24-27-80-5)49(72)67-45(30-36-31-62-40-18-10-9-16-38(36)40)51(74)64-42(55(78)79)19-11-12-25-57)69-54(77)47(33(3)4)68-52(75)44(29-35-20-22-37(70)23-21-35)66-50(73)43(28-34-14-7-6-8-15-34)65-48(71)39(58)17-13-26-61-56(59)60/h6-10,14-16,18,20-23,31-33,39,41-47,62,70H,11-13,17,19,24-30,57-58H2,1-5H3,(H,63,76)(H,64,74)(H,65,71)(H,66,73)(H,67,72)(H,68,75)(H,69,77)(H,78,79)(H4,59,60,61)/t39-,41-,42-,43-,44-,45-,46-,47-/m0/s1. The van der Waals surface area contributed by atoms with Crippen LogP contribution in [0.3, 0.4) is 0 Å². The van der Waals surface area contributed by atoms with E-state index in [1.165, 1.54) is 23.9 Å². The van der Waals surface area contributed by atoms with Crippen LogP contribution in [-0.4, -0.2) is 142 Å². The summed E-state index contributed by atoms with van der Waals surface area (Å²) in [6.45, 7) is 7.31. The molecular weight excluding hydrogens is 1050 g/mol. The number of thioether (sulfide) groups is 1. The number of nitrogens with one attached hydrogen (secondary N) is 8. The molecule has 0 aliphatic heterocycles. The smallest absolute Gasteiger partial charge is 0.326 e. The molecule has 0 aliphatic rings. The second-order valence-electron chi connectivity index (χ2n) is 20.3. The van der Waals surface area contributed by atoms with Crippen LogP contribution >= 0.6 is 11.8 Å². The van der Waals surface area contributed by atoms with Crippen LogP contribution in [0, 0.1) is 11.8 Å².